The van der Waals surface area contributed by atoms with Crippen LogP contribution in [0.15, 0.2) is 0 Å². The Balaban J connectivity index is 2.35. The Hall–Kier alpha value is -0.610. The summed E-state index contributed by atoms with van der Waals surface area (Å²) in [4.78, 5) is 14.5. The van der Waals surface area contributed by atoms with E-state index in [0.717, 1.165) is 32.4 Å². The van der Waals surface area contributed by atoms with Gasteiger partial charge in [0, 0.05) is 24.7 Å². The van der Waals surface area contributed by atoms with Crippen LogP contribution in [0.5, 0.6) is 0 Å². The van der Waals surface area contributed by atoms with Crippen LogP contribution in [-0.2, 0) is 4.79 Å². The number of likely N-dealkylation sites (tertiary alicyclic amines) is 1. The largest absolute Gasteiger partial charge is 0.352 e. The first-order valence-electron chi connectivity index (χ1n) is 7.51. The molecule has 19 heavy (non-hydrogen) atoms. The molecule has 0 spiro atoms. The molecular weight excluding hydrogens is 238 g/mol. The van der Waals surface area contributed by atoms with Gasteiger partial charge in [-0.05, 0) is 46.0 Å². The molecule has 1 fully saturated rings. The molecule has 0 aromatic carbocycles. The summed E-state index contributed by atoms with van der Waals surface area (Å²) in [5, 5.41) is 3.11. The fourth-order valence-corrected chi connectivity index (χ4v) is 2.62. The maximum Gasteiger partial charge on any atom is 0.237 e. The maximum absolute atomic E-state index is 12.0. The predicted molar refractivity (Wildman–Crippen MR) is 79.9 cm³/mol. The van der Waals surface area contributed by atoms with E-state index < -0.39 is 0 Å². The van der Waals surface area contributed by atoms with E-state index in [9.17, 15) is 4.79 Å². The molecule has 1 aliphatic heterocycles. The van der Waals surface area contributed by atoms with Crippen LogP contribution < -0.4 is 11.1 Å². The molecule has 0 unspecified atom stereocenters. The minimum Gasteiger partial charge on any atom is -0.352 e. The number of nitrogens with zero attached hydrogens (tertiary/aromatic N) is 1. The van der Waals surface area contributed by atoms with E-state index in [-0.39, 0.29) is 17.5 Å². The lowest BCUT2D eigenvalue weighted by Crippen LogP contribution is -2.53. The van der Waals surface area contributed by atoms with Gasteiger partial charge in [0.05, 0.1) is 6.04 Å². The SMILES string of the molecule is CC(C)C[C@@H](N)C(=O)NC1CCN(C(C)(C)C)CC1. The summed E-state index contributed by atoms with van der Waals surface area (Å²) in [5.74, 6) is 0.478. The highest BCUT2D eigenvalue weighted by atomic mass is 16.2. The summed E-state index contributed by atoms with van der Waals surface area (Å²) < 4.78 is 0. The highest BCUT2D eigenvalue weighted by Gasteiger charge is 2.28. The molecule has 0 aromatic heterocycles. The van der Waals surface area contributed by atoms with Crippen LogP contribution in [0, 0.1) is 5.92 Å². The Morgan fingerprint density at radius 1 is 1.32 bits per heavy atom. The molecule has 0 radical (unpaired) electrons. The number of nitrogens with one attached hydrogen (secondary N) is 1. The van der Waals surface area contributed by atoms with Crippen molar-refractivity contribution in [3.8, 4) is 0 Å². The molecule has 1 atom stereocenters. The number of amides is 1. The summed E-state index contributed by atoms with van der Waals surface area (Å²) in [6, 6.07) is -0.0649. The van der Waals surface area contributed by atoms with Crippen molar-refractivity contribution < 1.29 is 4.79 Å². The van der Waals surface area contributed by atoms with E-state index in [4.69, 9.17) is 5.73 Å². The summed E-state index contributed by atoms with van der Waals surface area (Å²) in [6.07, 6.45) is 2.81. The van der Waals surface area contributed by atoms with E-state index in [2.05, 4.69) is 44.8 Å². The lowest BCUT2D eigenvalue weighted by molar-refractivity contribution is -0.123. The summed E-state index contributed by atoms with van der Waals surface area (Å²) in [7, 11) is 0. The molecule has 0 aliphatic carbocycles. The van der Waals surface area contributed by atoms with Crippen molar-refractivity contribution in [2.45, 2.75) is 71.5 Å². The molecule has 1 amide bonds. The molecule has 0 bridgehead atoms. The van der Waals surface area contributed by atoms with Crippen molar-refractivity contribution in [2.24, 2.45) is 11.7 Å². The van der Waals surface area contributed by atoms with E-state index in [1.165, 1.54) is 0 Å². The van der Waals surface area contributed by atoms with Gasteiger partial charge in [-0.2, -0.15) is 0 Å². The molecule has 1 aliphatic rings. The molecule has 0 saturated carbocycles. The molecule has 1 heterocycles. The molecule has 0 aromatic rings. The van der Waals surface area contributed by atoms with Crippen LogP contribution in [0.4, 0.5) is 0 Å². The van der Waals surface area contributed by atoms with Crippen molar-refractivity contribution >= 4 is 5.91 Å². The van der Waals surface area contributed by atoms with Gasteiger partial charge in [0.25, 0.3) is 0 Å². The predicted octanol–water partition coefficient (Wildman–Crippen LogP) is 1.74. The lowest BCUT2D eigenvalue weighted by Gasteiger charge is -2.41. The van der Waals surface area contributed by atoms with Crippen molar-refractivity contribution in [1.82, 2.24) is 10.2 Å². The molecule has 1 rings (SSSR count). The van der Waals surface area contributed by atoms with Crippen molar-refractivity contribution in [3.05, 3.63) is 0 Å². The number of hydrogen-bond acceptors (Lipinski definition) is 3. The van der Waals surface area contributed by atoms with Crippen molar-refractivity contribution in [2.75, 3.05) is 13.1 Å². The average Bonchev–Trinajstić information content (AvgIpc) is 2.27. The summed E-state index contributed by atoms with van der Waals surface area (Å²) >= 11 is 0. The van der Waals surface area contributed by atoms with E-state index in [1.807, 2.05) is 0 Å². The third kappa shape index (κ3) is 5.49. The average molecular weight is 269 g/mol. The van der Waals surface area contributed by atoms with Crippen LogP contribution in [0.3, 0.4) is 0 Å². The molecule has 4 nitrogen and oxygen atoms in total. The molecule has 4 heteroatoms. The Morgan fingerprint density at radius 3 is 2.26 bits per heavy atom. The second-order valence-electron chi connectivity index (χ2n) is 7.18. The fourth-order valence-electron chi connectivity index (χ4n) is 2.62. The lowest BCUT2D eigenvalue weighted by atomic mass is 9.97. The van der Waals surface area contributed by atoms with Gasteiger partial charge in [0.2, 0.25) is 5.91 Å². The highest BCUT2D eigenvalue weighted by Crippen LogP contribution is 2.20. The van der Waals surface area contributed by atoms with Crippen LogP contribution in [0.2, 0.25) is 0 Å². The fraction of sp³-hybridized carbons (Fsp3) is 0.933. The zero-order valence-corrected chi connectivity index (χ0v) is 13.2. The minimum absolute atomic E-state index is 0.0166. The van der Waals surface area contributed by atoms with Gasteiger partial charge >= 0.3 is 0 Å². The van der Waals surface area contributed by atoms with E-state index >= 15 is 0 Å². The normalized spacial score (nSPS) is 20.6. The van der Waals surface area contributed by atoms with Crippen molar-refractivity contribution in [3.63, 3.8) is 0 Å². The quantitative estimate of drug-likeness (QED) is 0.817. The number of nitrogens with two attached hydrogens (primary N) is 1. The monoisotopic (exact) mass is 269 g/mol. The van der Waals surface area contributed by atoms with Gasteiger partial charge in [-0.3, -0.25) is 9.69 Å². The third-order valence-electron chi connectivity index (χ3n) is 3.85. The van der Waals surface area contributed by atoms with Gasteiger partial charge in [0.1, 0.15) is 0 Å². The zero-order chi connectivity index (χ0) is 14.6. The molecule has 3 N–H and O–H groups in total. The molecule has 1 saturated heterocycles. The van der Waals surface area contributed by atoms with Crippen LogP contribution in [0.25, 0.3) is 0 Å². The van der Waals surface area contributed by atoms with Gasteiger partial charge in [-0.15, -0.1) is 0 Å². The smallest absolute Gasteiger partial charge is 0.237 e. The Kier molecular flexibility index (Phi) is 5.81. The Bertz CT molecular complexity index is 288. The first-order valence-corrected chi connectivity index (χ1v) is 7.51. The second-order valence-corrected chi connectivity index (χ2v) is 7.18. The number of rotatable bonds is 4. The van der Waals surface area contributed by atoms with E-state index in [1.54, 1.807) is 0 Å². The standard InChI is InChI=1S/C15H31N3O/c1-11(2)10-13(16)14(19)17-12-6-8-18(9-7-12)15(3,4)5/h11-13H,6-10,16H2,1-5H3,(H,17,19)/t13-/m1/s1. The zero-order valence-electron chi connectivity index (χ0n) is 13.2. The number of hydrogen-bond donors (Lipinski definition) is 2. The first kappa shape index (κ1) is 16.4. The third-order valence-corrected chi connectivity index (χ3v) is 3.85. The van der Waals surface area contributed by atoms with E-state index in [0.29, 0.717) is 12.0 Å². The maximum atomic E-state index is 12.0. The highest BCUT2D eigenvalue weighted by molar-refractivity contribution is 5.81. The van der Waals surface area contributed by atoms with Gasteiger partial charge in [-0.1, -0.05) is 13.8 Å². The number of carbonyl (C=O) groups excluding carboxylic acids is 1. The summed E-state index contributed by atoms with van der Waals surface area (Å²) in [5.41, 5.74) is 6.13. The number of piperidine rings is 1. The van der Waals surface area contributed by atoms with Crippen molar-refractivity contribution in [1.29, 1.82) is 0 Å². The molecule has 112 valence electrons. The van der Waals surface area contributed by atoms with Gasteiger partial charge in [0.15, 0.2) is 0 Å². The number of carbonyl (C=O) groups is 1. The van der Waals surface area contributed by atoms with Gasteiger partial charge in [-0.25, -0.2) is 0 Å². The van der Waals surface area contributed by atoms with Crippen LogP contribution >= 0.6 is 0 Å². The minimum atomic E-state index is -0.361. The van der Waals surface area contributed by atoms with Gasteiger partial charge < -0.3 is 11.1 Å². The van der Waals surface area contributed by atoms with Crippen LogP contribution in [0.1, 0.15) is 53.9 Å². The topological polar surface area (TPSA) is 58.4 Å². The Morgan fingerprint density at radius 2 is 1.84 bits per heavy atom. The van der Waals surface area contributed by atoms with Crippen LogP contribution in [-0.4, -0.2) is 41.5 Å². The first-order chi connectivity index (χ1) is 8.70. The Labute approximate surface area is 118 Å². The summed E-state index contributed by atoms with van der Waals surface area (Å²) in [6.45, 7) is 13.0. The second kappa shape index (κ2) is 6.71. The molecular formula is C15H31N3O.